The minimum atomic E-state index is -0.0640. The van der Waals surface area contributed by atoms with Crippen molar-refractivity contribution in [3.05, 3.63) is 23.2 Å². The number of carbonyl (C=O) groups excluding carboxylic acids is 2. The van der Waals surface area contributed by atoms with Gasteiger partial charge in [-0.05, 0) is 62.8 Å². The van der Waals surface area contributed by atoms with E-state index in [1.54, 1.807) is 11.0 Å². The summed E-state index contributed by atoms with van der Waals surface area (Å²) in [7, 11) is 0. The van der Waals surface area contributed by atoms with Crippen LogP contribution in [0, 0.1) is 24.7 Å². The summed E-state index contributed by atoms with van der Waals surface area (Å²) < 4.78 is 11.4. The Kier molecular flexibility index (Phi) is 5.97. The molecular formula is C25H38N2O4. The van der Waals surface area contributed by atoms with E-state index in [9.17, 15) is 9.59 Å². The van der Waals surface area contributed by atoms with Crippen LogP contribution in [0.25, 0.3) is 0 Å². The minimum Gasteiger partial charge on any atom is -0.466 e. The molecule has 1 aliphatic carbocycles. The zero-order valence-electron chi connectivity index (χ0n) is 19.8. The van der Waals surface area contributed by atoms with Gasteiger partial charge in [0, 0.05) is 38.7 Å². The lowest BCUT2D eigenvalue weighted by Crippen LogP contribution is -2.42. The van der Waals surface area contributed by atoms with Crippen LogP contribution in [0.4, 0.5) is 0 Å². The molecule has 0 radical (unpaired) electrons. The van der Waals surface area contributed by atoms with Gasteiger partial charge in [-0.1, -0.05) is 20.8 Å². The van der Waals surface area contributed by atoms with E-state index in [0.717, 1.165) is 44.6 Å². The van der Waals surface area contributed by atoms with Crippen LogP contribution in [-0.2, 0) is 9.53 Å². The molecule has 6 heteroatoms. The molecule has 1 aromatic heterocycles. The van der Waals surface area contributed by atoms with Crippen molar-refractivity contribution in [1.29, 1.82) is 0 Å². The SMILES string of the molecule is Cc1cc(C(=O)N(CCC(=O)N2CC3(C)CC2CC(C)(C)C3)CC2CCCO2)c(C)o1. The van der Waals surface area contributed by atoms with Crippen LogP contribution in [0.5, 0.6) is 0 Å². The lowest BCUT2D eigenvalue weighted by atomic mass is 9.65. The number of hydrogen-bond donors (Lipinski definition) is 0. The summed E-state index contributed by atoms with van der Waals surface area (Å²) in [5.41, 5.74) is 1.10. The topological polar surface area (TPSA) is 63.0 Å². The molecule has 1 aromatic rings. The van der Waals surface area contributed by atoms with Crippen molar-refractivity contribution in [1.82, 2.24) is 9.80 Å². The summed E-state index contributed by atoms with van der Waals surface area (Å²) in [6, 6.07) is 2.14. The number of carbonyl (C=O) groups is 2. The Morgan fingerprint density at radius 2 is 2.00 bits per heavy atom. The molecule has 3 atom stereocenters. The largest absolute Gasteiger partial charge is 0.466 e. The van der Waals surface area contributed by atoms with Crippen LogP contribution in [0.3, 0.4) is 0 Å². The van der Waals surface area contributed by atoms with E-state index in [1.165, 1.54) is 6.42 Å². The molecule has 4 rings (SSSR count). The van der Waals surface area contributed by atoms with E-state index in [4.69, 9.17) is 9.15 Å². The van der Waals surface area contributed by atoms with Crippen molar-refractivity contribution in [3.63, 3.8) is 0 Å². The molecular weight excluding hydrogens is 392 g/mol. The van der Waals surface area contributed by atoms with Gasteiger partial charge in [0.15, 0.2) is 0 Å². The number of amides is 2. The molecule has 3 unspecified atom stereocenters. The highest BCUT2D eigenvalue weighted by atomic mass is 16.5. The van der Waals surface area contributed by atoms with Crippen molar-refractivity contribution >= 4 is 11.8 Å². The summed E-state index contributed by atoms with van der Waals surface area (Å²) in [4.78, 5) is 30.5. The minimum absolute atomic E-state index is 0.0538. The zero-order chi connectivity index (χ0) is 22.4. The Balaban J connectivity index is 1.44. The molecule has 2 amide bonds. The number of likely N-dealkylation sites (tertiary alicyclic amines) is 1. The predicted octanol–water partition coefficient (Wildman–Crippen LogP) is 4.33. The van der Waals surface area contributed by atoms with Crippen LogP contribution in [0.1, 0.15) is 81.2 Å². The molecule has 2 bridgehead atoms. The number of aryl methyl sites for hydroxylation is 2. The standard InChI is InChI=1S/C25H38N2O4/c1-17-11-21(18(2)31-17)23(29)26(14-20-7-6-10-30-20)9-8-22(28)27-16-25(5)13-19(27)12-24(3,4)15-25/h11,19-20H,6-10,12-16H2,1-5H3. The number of hydrogen-bond acceptors (Lipinski definition) is 4. The van der Waals surface area contributed by atoms with Gasteiger partial charge in [-0.25, -0.2) is 0 Å². The first kappa shape index (κ1) is 22.4. The van der Waals surface area contributed by atoms with Gasteiger partial charge in [-0.15, -0.1) is 0 Å². The fourth-order valence-corrected chi connectivity index (χ4v) is 6.45. The van der Waals surface area contributed by atoms with Crippen molar-refractivity contribution in [2.75, 3.05) is 26.2 Å². The summed E-state index contributed by atoms with van der Waals surface area (Å²) in [6.45, 7) is 13.2. The first-order valence-electron chi connectivity index (χ1n) is 11.8. The van der Waals surface area contributed by atoms with Crippen molar-refractivity contribution in [2.45, 2.75) is 85.3 Å². The second kappa shape index (κ2) is 8.27. The molecule has 172 valence electrons. The van der Waals surface area contributed by atoms with E-state index in [1.807, 2.05) is 13.8 Å². The molecule has 3 heterocycles. The quantitative estimate of drug-likeness (QED) is 0.674. The van der Waals surface area contributed by atoms with Crippen LogP contribution >= 0.6 is 0 Å². The van der Waals surface area contributed by atoms with Gasteiger partial charge in [-0.2, -0.15) is 0 Å². The number of rotatable bonds is 6. The van der Waals surface area contributed by atoms with Crippen molar-refractivity contribution in [2.24, 2.45) is 10.8 Å². The van der Waals surface area contributed by atoms with Crippen molar-refractivity contribution in [3.8, 4) is 0 Å². The maximum Gasteiger partial charge on any atom is 0.257 e. The van der Waals surface area contributed by atoms with E-state index in [-0.39, 0.29) is 28.7 Å². The van der Waals surface area contributed by atoms with E-state index < -0.39 is 0 Å². The Morgan fingerprint density at radius 1 is 1.23 bits per heavy atom. The van der Waals surface area contributed by atoms with Gasteiger partial charge >= 0.3 is 0 Å². The molecule has 1 saturated carbocycles. The predicted molar refractivity (Wildman–Crippen MR) is 119 cm³/mol. The number of fused-ring (bicyclic) bond motifs is 2. The summed E-state index contributed by atoms with van der Waals surface area (Å²) >= 11 is 0. The second-order valence-electron chi connectivity index (χ2n) is 11.2. The van der Waals surface area contributed by atoms with Crippen molar-refractivity contribution < 1.29 is 18.7 Å². The summed E-state index contributed by atoms with van der Waals surface area (Å²) in [6.07, 6.45) is 5.75. The molecule has 6 nitrogen and oxygen atoms in total. The Labute approximate surface area is 186 Å². The molecule has 0 N–H and O–H groups in total. The van der Waals surface area contributed by atoms with Gasteiger partial charge < -0.3 is 19.0 Å². The normalized spacial score (nSPS) is 29.4. The van der Waals surface area contributed by atoms with Crippen LogP contribution in [-0.4, -0.2) is 60.0 Å². The highest BCUT2D eigenvalue weighted by Crippen LogP contribution is 2.52. The van der Waals surface area contributed by atoms with Crippen LogP contribution < -0.4 is 0 Å². The smallest absolute Gasteiger partial charge is 0.257 e. The second-order valence-corrected chi connectivity index (χ2v) is 11.2. The maximum absolute atomic E-state index is 13.3. The molecule has 3 fully saturated rings. The highest BCUT2D eigenvalue weighted by molar-refractivity contribution is 5.95. The number of nitrogens with zero attached hydrogens (tertiary/aromatic N) is 2. The van der Waals surface area contributed by atoms with Gasteiger partial charge in [0.05, 0.1) is 11.7 Å². The summed E-state index contributed by atoms with van der Waals surface area (Å²) in [5, 5.41) is 0. The monoisotopic (exact) mass is 430 g/mol. The zero-order valence-corrected chi connectivity index (χ0v) is 19.8. The van der Waals surface area contributed by atoms with Crippen LogP contribution in [0.15, 0.2) is 10.5 Å². The molecule has 3 aliphatic rings. The van der Waals surface area contributed by atoms with Crippen LogP contribution in [0.2, 0.25) is 0 Å². The first-order valence-corrected chi connectivity index (χ1v) is 11.8. The van der Waals surface area contributed by atoms with Gasteiger partial charge in [0.1, 0.15) is 11.5 Å². The average molecular weight is 431 g/mol. The maximum atomic E-state index is 13.3. The van der Waals surface area contributed by atoms with E-state index >= 15 is 0 Å². The third kappa shape index (κ3) is 4.84. The van der Waals surface area contributed by atoms with Gasteiger partial charge in [-0.3, -0.25) is 9.59 Å². The third-order valence-corrected chi connectivity index (χ3v) is 7.34. The third-order valence-electron chi connectivity index (χ3n) is 7.34. The first-order chi connectivity index (χ1) is 14.6. The number of furan rings is 1. The fraction of sp³-hybridized carbons (Fsp3) is 0.760. The summed E-state index contributed by atoms with van der Waals surface area (Å²) in [5.74, 6) is 1.48. The molecule has 2 saturated heterocycles. The fourth-order valence-electron chi connectivity index (χ4n) is 6.45. The van der Waals surface area contributed by atoms with Gasteiger partial charge in [0.25, 0.3) is 5.91 Å². The highest BCUT2D eigenvalue weighted by Gasteiger charge is 2.50. The molecule has 0 spiro atoms. The van der Waals surface area contributed by atoms with Gasteiger partial charge in [0.2, 0.25) is 5.91 Å². The molecule has 0 aromatic carbocycles. The Hall–Kier alpha value is -1.82. The lowest BCUT2D eigenvalue weighted by Gasteiger charge is -2.39. The molecule has 31 heavy (non-hydrogen) atoms. The lowest BCUT2D eigenvalue weighted by molar-refractivity contribution is -0.132. The Morgan fingerprint density at radius 3 is 2.65 bits per heavy atom. The Bertz CT molecular complexity index is 839. The average Bonchev–Trinajstić information content (AvgIpc) is 3.35. The molecule has 2 aliphatic heterocycles. The van der Waals surface area contributed by atoms with E-state index in [0.29, 0.717) is 36.9 Å². The number of ether oxygens (including phenoxy) is 1. The van der Waals surface area contributed by atoms with E-state index in [2.05, 4.69) is 25.7 Å².